The second-order valence-electron chi connectivity index (χ2n) is 10.2. The Morgan fingerprint density at radius 1 is 1.12 bits per heavy atom. The lowest BCUT2D eigenvalue weighted by Crippen LogP contribution is -2.40. The van der Waals surface area contributed by atoms with Crippen LogP contribution in [-0.4, -0.2) is 40.5 Å². The van der Waals surface area contributed by atoms with Crippen molar-refractivity contribution in [2.75, 3.05) is 20.3 Å². The number of ether oxygens (including phenoxy) is 3. The van der Waals surface area contributed by atoms with Gasteiger partial charge in [-0.2, -0.15) is 0 Å². The Bertz CT molecular complexity index is 1850. The Hall–Kier alpha value is -4.06. The highest BCUT2D eigenvalue weighted by molar-refractivity contribution is 7.22. The van der Waals surface area contributed by atoms with E-state index in [0.29, 0.717) is 63.9 Å². The summed E-state index contributed by atoms with van der Waals surface area (Å²) in [6, 6.07) is 12.1. The zero-order valence-corrected chi connectivity index (χ0v) is 24.3. The minimum absolute atomic E-state index is 0.0474. The molecule has 42 heavy (non-hydrogen) atoms. The standard InChI is InChI=1S/C31H30FN3O6S/c1-18-7-6-9-22(26(18)32)35-29(36)25-19(2)27(28-33-13-16-40-28)42-30(25)34(31(35)37)17-24(41-20-11-14-39-15-12-20)21-8-4-5-10-23(21)38-3/h4-10,13,16,20,24H,11-12,14-15,17H2,1-3H3. The largest absolute Gasteiger partial charge is 0.496 e. The van der Waals surface area contributed by atoms with Gasteiger partial charge in [-0.1, -0.05) is 30.3 Å². The van der Waals surface area contributed by atoms with Gasteiger partial charge in [0.1, 0.15) is 28.8 Å². The molecule has 0 spiro atoms. The fourth-order valence-electron chi connectivity index (χ4n) is 5.42. The third kappa shape index (κ3) is 4.97. The first-order valence-corrected chi connectivity index (χ1v) is 14.5. The Kier molecular flexibility index (Phi) is 7.80. The molecule has 11 heteroatoms. The van der Waals surface area contributed by atoms with E-state index in [1.165, 1.54) is 34.4 Å². The van der Waals surface area contributed by atoms with Gasteiger partial charge in [-0.05, 0) is 49.9 Å². The molecule has 218 valence electrons. The number of rotatable bonds is 8. The Balaban J connectivity index is 1.60. The Morgan fingerprint density at radius 2 is 1.90 bits per heavy atom. The number of aryl methyl sites for hydroxylation is 2. The van der Waals surface area contributed by atoms with Gasteiger partial charge in [-0.15, -0.1) is 11.3 Å². The van der Waals surface area contributed by atoms with Crippen molar-refractivity contribution in [3.63, 3.8) is 0 Å². The molecule has 0 radical (unpaired) electrons. The average Bonchev–Trinajstić information content (AvgIpc) is 3.65. The van der Waals surface area contributed by atoms with Crippen molar-refractivity contribution in [1.29, 1.82) is 0 Å². The summed E-state index contributed by atoms with van der Waals surface area (Å²) in [4.78, 5) is 33.6. The van der Waals surface area contributed by atoms with E-state index < -0.39 is 23.2 Å². The highest BCUT2D eigenvalue weighted by atomic mass is 32.1. The van der Waals surface area contributed by atoms with Gasteiger partial charge in [0.15, 0.2) is 0 Å². The summed E-state index contributed by atoms with van der Waals surface area (Å²) in [6.45, 7) is 4.58. The predicted octanol–water partition coefficient (Wildman–Crippen LogP) is 5.57. The van der Waals surface area contributed by atoms with E-state index in [2.05, 4.69) is 4.98 Å². The minimum Gasteiger partial charge on any atom is -0.496 e. The summed E-state index contributed by atoms with van der Waals surface area (Å²) in [5, 5.41) is 0.290. The van der Waals surface area contributed by atoms with E-state index in [4.69, 9.17) is 18.6 Å². The summed E-state index contributed by atoms with van der Waals surface area (Å²) in [5.74, 6) is 0.308. The van der Waals surface area contributed by atoms with Crippen LogP contribution in [0, 0.1) is 19.7 Å². The molecule has 0 N–H and O–H groups in total. The molecule has 0 amide bonds. The van der Waals surface area contributed by atoms with Crippen LogP contribution in [0.25, 0.3) is 26.7 Å². The molecule has 0 aliphatic carbocycles. The highest BCUT2D eigenvalue weighted by Gasteiger charge is 2.29. The molecule has 1 fully saturated rings. The zero-order chi connectivity index (χ0) is 29.4. The smallest absolute Gasteiger partial charge is 0.336 e. The lowest BCUT2D eigenvalue weighted by atomic mass is 10.1. The number of nitrogens with zero attached hydrogens (tertiary/aromatic N) is 3. The van der Waals surface area contributed by atoms with Crippen molar-refractivity contribution in [3.8, 4) is 22.2 Å². The van der Waals surface area contributed by atoms with Gasteiger partial charge < -0.3 is 18.6 Å². The van der Waals surface area contributed by atoms with Crippen LogP contribution < -0.4 is 16.0 Å². The number of thiophene rings is 1. The number of hydrogen-bond acceptors (Lipinski definition) is 8. The second-order valence-corrected chi connectivity index (χ2v) is 11.2. The Morgan fingerprint density at radius 3 is 2.64 bits per heavy atom. The first-order chi connectivity index (χ1) is 20.4. The van der Waals surface area contributed by atoms with Gasteiger partial charge in [0.2, 0.25) is 5.89 Å². The number of para-hydroxylation sites is 1. The van der Waals surface area contributed by atoms with Crippen molar-refractivity contribution in [2.45, 2.75) is 45.4 Å². The molecular formula is C31H30FN3O6S. The molecule has 9 nitrogen and oxygen atoms in total. The number of aromatic nitrogens is 3. The second kappa shape index (κ2) is 11.7. The average molecular weight is 592 g/mol. The molecule has 1 aliphatic heterocycles. The summed E-state index contributed by atoms with van der Waals surface area (Å²) in [6.07, 6.45) is 3.66. The fourth-order valence-corrected chi connectivity index (χ4v) is 6.66. The molecule has 1 saturated heterocycles. The Labute approximate surface area is 244 Å². The van der Waals surface area contributed by atoms with E-state index in [0.717, 1.165) is 10.1 Å². The quantitative estimate of drug-likeness (QED) is 0.233. The first-order valence-electron chi connectivity index (χ1n) is 13.7. The number of hydrogen-bond donors (Lipinski definition) is 0. The highest BCUT2D eigenvalue weighted by Crippen LogP contribution is 2.37. The molecule has 0 bridgehead atoms. The lowest BCUT2D eigenvalue weighted by molar-refractivity contribution is -0.0752. The SMILES string of the molecule is COc1ccccc1C(Cn1c(=O)n(-c2cccc(C)c2F)c(=O)c2c(C)c(-c3ncco3)sc21)OC1CCOCC1. The maximum Gasteiger partial charge on any atom is 0.336 e. The topological polar surface area (TPSA) is 97.7 Å². The molecule has 1 atom stereocenters. The van der Waals surface area contributed by atoms with E-state index in [1.54, 1.807) is 33.1 Å². The van der Waals surface area contributed by atoms with Crippen LogP contribution in [0.2, 0.25) is 0 Å². The van der Waals surface area contributed by atoms with Crippen LogP contribution >= 0.6 is 11.3 Å². The van der Waals surface area contributed by atoms with Crippen LogP contribution in [0.1, 0.15) is 35.6 Å². The van der Waals surface area contributed by atoms with Crippen molar-refractivity contribution in [1.82, 2.24) is 14.1 Å². The third-order valence-corrected chi connectivity index (χ3v) is 8.91. The molecule has 1 unspecified atom stereocenters. The molecule has 3 aromatic heterocycles. The van der Waals surface area contributed by atoms with Crippen LogP contribution in [0.4, 0.5) is 4.39 Å². The predicted molar refractivity (Wildman–Crippen MR) is 157 cm³/mol. The van der Waals surface area contributed by atoms with E-state index >= 15 is 4.39 Å². The van der Waals surface area contributed by atoms with Gasteiger partial charge >= 0.3 is 5.69 Å². The minimum atomic E-state index is -0.673. The summed E-state index contributed by atoms with van der Waals surface area (Å²) >= 11 is 1.23. The first kappa shape index (κ1) is 28.1. The van der Waals surface area contributed by atoms with Crippen LogP contribution in [0.15, 0.2) is 68.9 Å². The molecule has 2 aromatic carbocycles. The monoisotopic (exact) mass is 591 g/mol. The van der Waals surface area contributed by atoms with Crippen LogP contribution in [0.5, 0.6) is 5.75 Å². The number of methoxy groups -OCH3 is 1. The summed E-state index contributed by atoms with van der Waals surface area (Å²) in [7, 11) is 1.58. The number of oxazole rings is 1. The molecule has 5 aromatic rings. The summed E-state index contributed by atoms with van der Waals surface area (Å²) in [5.41, 5.74) is 0.282. The van der Waals surface area contributed by atoms with Crippen LogP contribution in [-0.2, 0) is 16.0 Å². The van der Waals surface area contributed by atoms with Gasteiger partial charge in [0.05, 0.1) is 41.9 Å². The fraction of sp³-hybridized carbons (Fsp3) is 0.323. The third-order valence-electron chi connectivity index (χ3n) is 7.61. The van der Waals surface area contributed by atoms with E-state index in [1.807, 2.05) is 24.3 Å². The van der Waals surface area contributed by atoms with Crippen molar-refractivity contribution in [2.24, 2.45) is 0 Å². The maximum absolute atomic E-state index is 15.5. The molecule has 6 rings (SSSR count). The van der Waals surface area contributed by atoms with E-state index in [-0.39, 0.29) is 18.3 Å². The van der Waals surface area contributed by atoms with Crippen molar-refractivity contribution >= 4 is 21.6 Å². The zero-order valence-electron chi connectivity index (χ0n) is 23.5. The van der Waals surface area contributed by atoms with Gasteiger partial charge in [-0.3, -0.25) is 9.36 Å². The van der Waals surface area contributed by atoms with E-state index in [9.17, 15) is 9.59 Å². The van der Waals surface area contributed by atoms with Crippen LogP contribution in [0.3, 0.4) is 0 Å². The van der Waals surface area contributed by atoms with Gasteiger partial charge in [0, 0.05) is 18.8 Å². The maximum atomic E-state index is 15.5. The molecular weight excluding hydrogens is 561 g/mol. The summed E-state index contributed by atoms with van der Waals surface area (Å²) < 4.78 is 41.3. The lowest BCUT2D eigenvalue weighted by Gasteiger charge is -2.29. The van der Waals surface area contributed by atoms with Gasteiger partial charge in [0.25, 0.3) is 5.56 Å². The number of halogens is 1. The normalized spacial score (nSPS) is 14.9. The molecule has 4 heterocycles. The van der Waals surface area contributed by atoms with Gasteiger partial charge in [-0.25, -0.2) is 18.7 Å². The molecule has 1 aliphatic rings. The number of fused-ring (bicyclic) bond motifs is 1. The van der Waals surface area contributed by atoms with Crippen molar-refractivity contribution < 1.29 is 23.0 Å². The van der Waals surface area contributed by atoms with Crippen molar-refractivity contribution in [3.05, 3.63) is 98.3 Å². The number of benzene rings is 2. The molecule has 0 saturated carbocycles.